The van der Waals surface area contributed by atoms with Crippen LogP contribution in [-0.4, -0.2) is 38.9 Å². The second-order valence-corrected chi connectivity index (χ2v) is 5.96. The maximum atomic E-state index is 12.9. The van der Waals surface area contributed by atoms with Gasteiger partial charge in [-0.1, -0.05) is 0 Å². The molecule has 0 saturated heterocycles. The van der Waals surface area contributed by atoms with Gasteiger partial charge < -0.3 is 14.2 Å². The summed E-state index contributed by atoms with van der Waals surface area (Å²) in [5, 5.41) is 3.86. The van der Waals surface area contributed by atoms with Crippen LogP contribution in [0.1, 0.15) is 15.9 Å². The van der Waals surface area contributed by atoms with Crippen molar-refractivity contribution in [3.05, 3.63) is 57.8 Å². The van der Waals surface area contributed by atoms with Gasteiger partial charge in [0.15, 0.2) is 18.1 Å². The number of nitrogens with zero attached hydrogens (tertiary/aromatic N) is 1. The van der Waals surface area contributed by atoms with Gasteiger partial charge in [0.25, 0.3) is 5.91 Å². The van der Waals surface area contributed by atoms with E-state index in [4.69, 9.17) is 9.47 Å². The highest BCUT2D eigenvalue weighted by atomic mass is 79.9. The molecule has 0 fully saturated rings. The van der Waals surface area contributed by atoms with Gasteiger partial charge in [-0.2, -0.15) is 5.10 Å². The highest BCUT2D eigenvalue weighted by Gasteiger charge is 2.13. The number of carbonyl (C=O) groups excluding carboxylic acids is 2. The van der Waals surface area contributed by atoms with Crippen molar-refractivity contribution in [3.63, 3.8) is 0 Å². The molecule has 0 aliphatic rings. The first-order valence-electron chi connectivity index (χ1n) is 7.60. The van der Waals surface area contributed by atoms with E-state index >= 15 is 0 Å². The Balaban J connectivity index is 2.08. The topological polar surface area (TPSA) is 86.2 Å². The van der Waals surface area contributed by atoms with Crippen molar-refractivity contribution in [1.29, 1.82) is 0 Å². The molecule has 0 atom stereocenters. The molecular formula is C18H16BrFN2O5. The average molecular weight is 439 g/mol. The minimum atomic E-state index is -0.530. The summed E-state index contributed by atoms with van der Waals surface area (Å²) in [6.45, 7) is -0.271. The van der Waals surface area contributed by atoms with Crippen molar-refractivity contribution in [1.82, 2.24) is 5.43 Å². The number of hydrogen-bond acceptors (Lipinski definition) is 6. The van der Waals surface area contributed by atoms with Crippen LogP contribution in [0.25, 0.3) is 0 Å². The molecule has 0 aromatic heterocycles. The number of benzene rings is 2. The van der Waals surface area contributed by atoms with Gasteiger partial charge in [0, 0.05) is 5.56 Å². The van der Waals surface area contributed by atoms with Gasteiger partial charge in [-0.15, -0.1) is 0 Å². The molecule has 0 heterocycles. The Bertz CT molecular complexity index is 856. The molecule has 142 valence electrons. The molecule has 2 aromatic rings. The zero-order valence-electron chi connectivity index (χ0n) is 14.5. The summed E-state index contributed by atoms with van der Waals surface area (Å²) in [6, 6.07) is 8.37. The van der Waals surface area contributed by atoms with Crippen LogP contribution in [-0.2, 0) is 9.53 Å². The Labute approximate surface area is 163 Å². The van der Waals surface area contributed by atoms with E-state index in [2.05, 4.69) is 31.2 Å². The first-order valence-corrected chi connectivity index (χ1v) is 8.40. The van der Waals surface area contributed by atoms with E-state index in [0.29, 0.717) is 21.5 Å². The minimum Gasteiger partial charge on any atom is -0.493 e. The molecule has 0 saturated carbocycles. The van der Waals surface area contributed by atoms with Crippen molar-refractivity contribution in [3.8, 4) is 11.5 Å². The molecular weight excluding hydrogens is 423 g/mol. The fraction of sp³-hybridized carbons (Fsp3) is 0.167. The first-order chi connectivity index (χ1) is 12.9. The lowest BCUT2D eigenvalue weighted by molar-refractivity contribution is -0.142. The zero-order chi connectivity index (χ0) is 19.8. The standard InChI is InChI=1S/C18H16BrFN2O5/c1-25-15-8-11(7-14(19)17(15)27-10-16(23)26-2)9-21-22-18(24)12-3-5-13(20)6-4-12/h3-9H,10H2,1-2H3,(H,22,24)/b21-9-. The highest BCUT2D eigenvalue weighted by Crippen LogP contribution is 2.36. The minimum absolute atomic E-state index is 0.271. The third-order valence-electron chi connectivity index (χ3n) is 3.30. The fourth-order valence-corrected chi connectivity index (χ4v) is 2.55. The van der Waals surface area contributed by atoms with E-state index in [1.165, 1.54) is 44.7 Å². The largest absolute Gasteiger partial charge is 0.493 e. The molecule has 9 heteroatoms. The molecule has 2 rings (SSSR count). The van der Waals surface area contributed by atoms with E-state index < -0.39 is 17.7 Å². The number of hydrogen-bond donors (Lipinski definition) is 1. The molecule has 0 unspecified atom stereocenters. The predicted octanol–water partition coefficient (Wildman–Crippen LogP) is 2.91. The average Bonchev–Trinajstić information content (AvgIpc) is 2.66. The Morgan fingerprint density at radius 3 is 2.56 bits per heavy atom. The molecule has 27 heavy (non-hydrogen) atoms. The summed E-state index contributed by atoms with van der Waals surface area (Å²) < 4.78 is 28.6. The summed E-state index contributed by atoms with van der Waals surface area (Å²) >= 11 is 3.33. The van der Waals surface area contributed by atoms with Crippen molar-refractivity contribution in [2.75, 3.05) is 20.8 Å². The predicted molar refractivity (Wildman–Crippen MR) is 99.7 cm³/mol. The van der Waals surface area contributed by atoms with Crippen LogP contribution in [0.15, 0.2) is 46.0 Å². The van der Waals surface area contributed by atoms with Crippen LogP contribution in [0.5, 0.6) is 11.5 Å². The molecule has 0 bridgehead atoms. The molecule has 2 aromatic carbocycles. The Hall–Kier alpha value is -2.94. The monoisotopic (exact) mass is 438 g/mol. The number of esters is 1. The Morgan fingerprint density at radius 1 is 1.22 bits per heavy atom. The second kappa shape index (κ2) is 9.67. The van der Waals surface area contributed by atoms with E-state index in [1.807, 2.05) is 0 Å². The SMILES string of the molecule is COC(=O)COc1c(Br)cc(/C=N\NC(=O)c2ccc(F)cc2)cc1OC. The number of methoxy groups -OCH3 is 2. The summed E-state index contributed by atoms with van der Waals surface area (Å²) in [5.74, 6) is -0.745. The van der Waals surface area contributed by atoms with Gasteiger partial charge in [0.05, 0.1) is 24.9 Å². The Morgan fingerprint density at radius 2 is 1.93 bits per heavy atom. The lowest BCUT2D eigenvalue weighted by Crippen LogP contribution is -2.17. The van der Waals surface area contributed by atoms with Crippen LogP contribution in [0.2, 0.25) is 0 Å². The maximum absolute atomic E-state index is 12.9. The van der Waals surface area contributed by atoms with Gasteiger partial charge >= 0.3 is 5.97 Å². The summed E-state index contributed by atoms with van der Waals surface area (Å²) in [6.07, 6.45) is 1.40. The van der Waals surface area contributed by atoms with Crippen molar-refractivity contribution in [2.24, 2.45) is 5.10 Å². The number of rotatable bonds is 7. The van der Waals surface area contributed by atoms with E-state index in [-0.39, 0.29) is 12.2 Å². The lowest BCUT2D eigenvalue weighted by atomic mass is 10.2. The number of ether oxygens (including phenoxy) is 3. The van der Waals surface area contributed by atoms with Crippen molar-refractivity contribution in [2.45, 2.75) is 0 Å². The summed E-state index contributed by atoms with van der Waals surface area (Å²) in [4.78, 5) is 23.1. The van der Waals surface area contributed by atoms with E-state index in [1.54, 1.807) is 12.1 Å². The van der Waals surface area contributed by atoms with Crippen LogP contribution >= 0.6 is 15.9 Å². The second-order valence-electron chi connectivity index (χ2n) is 5.10. The fourth-order valence-electron chi connectivity index (χ4n) is 1.98. The number of amides is 1. The molecule has 1 N–H and O–H groups in total. The van der Waals surface area contributed by atoms with Crippen LogP contribution < -0.4 is 14.9 Å². The third kappa shape index (κ3) is 5.78. The highest BCUT2D eigenvalue weighted by molar-refractivity contribution is 9.10. The van der Waals surface area contributed by atoms with Gasteiger partial charge in [-0.25, -0.2) is 14.6 Å². The van der Waals surface area contributed by atoms with Crippen LogP contribution in [0, 0.1) is 5.82 Å². The summed E-state index contributed by atoms with van der Waals surface area (Å²) in [7, 11) is 2.71. The van der Waals surface area contributed by atoms with Crippen molar-refractivity contribution >= 4 is 34.0 Å². The van der Waals surface area contributed by atoms with Gasteiger partial charge in [0.1, 0.15) is 5.82 Å². The van der Waals surface area contributed by atoms with Crippen LogP contribution in [0.4, 0.5) is 4.39 Å². The molecule has 0 spiro atoms. The summed E-state index contributed by atoms with van der Waals surface area (Å²) in [5.41, 5.74) is 3.22. The molecule has 0 aliphatic heterocycles. The normalized spacial score (nSPS) is 10.5. The third-order valence-corrected chi connectivity index (χ3v) is 3.89. The lowest BCUT2D eigenvalue weighted by Gasteiger charge is -2.12. The number of halogens is 2. The zero-order valence-corrected chi connectivity index (χ0v) is 16.1. The molecule has 1 amide bonds. The number of hydrazone groups is 1. The molecule has 7 nitrogen and oxygen atoms in total. The van der Waals surface area contributed by atoms with Gasteiger partial charge in [0.2, 0.25) is 0 Å². The quantitative estimate of drug-likeness (QED) is 0.408. The van der Waals surface area contributed by atoms with E-state index in [0.717, 1.165) is 0 Å². The molecule has 0 radical (unpaired) electrons. The van der Waals surface area contributed by atoms with E-state index in [9.17, 15) is 14.0 Å². The smallest absolute Gasteiger partial charge is 0.343 e. The van der Waals surface area contributed by atoms with Gasteiger partial charge in [-0.05, 0) is 57.9 Å². The van der Waals surface area contributed by atoms with Gasteiger partial charge in [-0.3, -0.25) is 4.79 Å². The number of nitrogens with one attached hydrogen (secondary N) is 1. The van der Waals surface area contributed by atoms with Crippen LogP contribution in [0.3, 0.4) is 0 Å². The Kier molecular flexibility index (Phi) is 7.30. The molecule has 0 aliphatic carbocycles. The number of carbonyl (C=O) groups is 2. The maximum Gasteiger partial charge on any atom is 0.343 e. The van der Waals surface area contributed by atoms with Crippen molar-refractivity contribution < 1.29 is 28.2 Å². The first kappa shape index (κ1) is 20.4.